The van der Waals surface area contributed by atoms with Crippen molar-refractivity contribution in [3.63, 3.8) is 0 Å². The number of nitrogens with one attached hydrogen (secondary N) is 1. The number of hydrogen-bond acceptors (Lipinski definition) is 5. The van der Waals surface area contributed by atoms with Crippen molar-refractivity contribution in [2.75, 3.05) is 29.9 Å². The van der Waals surface area contributed by atoms with E-state index >= 15 is 0 Å². The van der Waals surface area contributed by atoms with Crippen LogP contribution in [0, 0.1) is 0 Å². The molecule has 1 aliphatic rings. The van der Waals surface area contributed by atoms with Gasteiger partial charge in [-0.3, -0.25) is 14.5 Å². The van der Waals surface area contributed by atoms with E-state index in [0.717, 1.165) is 42.4 Å². The fraction of sp³-hybridized carbons (Fsp3) is 0.238. The highest BCUT2D eigenvalue weighted by atomic mass is 32.2. The maximum Gasteiger partial charge on any atom is 0.291 e. The van der Waals surface area contributed by atoms with Crippen LogP contribution in [0.4, 0.5) is 5.69 Å². The summed E-state index contributed by atoms with van der Waals surface area (Å²) in [6.45, 7) is 2.89. The summed E-state index contributed by atoms with van der Waals surface area (Å²) in [6, 6.07) is 15.9. The number of hydrogen-bond donors (Lipinski definition) is 1. The van der Waals surface area contributed by atoms with Crippen LogP contribution >= 0.6 is 11.8 Å². The minimum absolute atomic E-state index is 0.0166. The molecule has 1 N–H and O–H groups in total. The minimum atomic E-state index is -0.417. The molecular formula is C21H20N2O3S. The summed E-state index contributed by atoms with van der Waals surface area (Å²) in [6.07, 6.45) is 0. The van der Waals surface area contributed by atoms with Gasteiger partial charge in [0.25, 0.3) is 5.91 Å². The van der Waals surface area contributed by atoms with E-state index in [4.69, 9.17) is 4.42 Å². The predicted octanol–water partition coefficient (Wildman–Crippen LogP) is 3.59. The molecule has 6 heteroatoms. The largest absolute Gasteiger partial charge is 0.451 e. The zero-order valence-electron chi connectivity index (χ0n) is 14.8. The van der Waals surface area contributed by atoms with Crippen LogP contribution in [0.15, 0.2) is 63.8 Å². The SMILES string of the molecule is O=C(Nc1ccccc1CN1CCSCC1)c1cc(=O)c2ccccc2o1. The molecule has 0 atom stereocenters. The van der Waals surface area contributed by atoms with E-state index in [1.165, 1.54) is 6.07 Å². The van der Waals surface area contributed by atoms with Gasteiger partial charge in [-0.15, -0.1) is 0 Å². The highest BCUT2D eigenvalue weighted by Gasteiger charge is 2.16. The molecule has 1 aliphatic heterocycles. The summed E-state index contributed by atoms with van der Waals surface area (Å²) >= 11 is 1.97. The smallest absolute Gasteiger partial charge is 0.291 e. The molecule has 0 radical (unpaired) electrons. The van der Waals surface area contributed by atoms with E-state index < -0.39 is 5.91 Å². The van der Waals surface area contributed by atoms with E-state index in [1.54, 1.807) is 24.3 Å². The molecule has 27 heavy (non-hydrogen) atoms. The number of para-hydroxylation sites is 2. The molecule has 1 saturated heterocycles. The number of benzene rings is 2. The molecule has 0 bridgehead atoms. The van der Waals surface area contributed by atoms with Crippen LogP contribution in [0.1, 0.15) is 16.1 Å². The molecule has 0 unspecified atom stereocenters. The van der Waals surface area contributed by atoms with Crippen LogP contribution in [-0.2, 0) is 6.54 Å². The minimum Gasteiger partial charge on any atom is -0.451 e. The van der Waals surface area contributed by atoms with Crippen molar-refractivity contribution in [2.45, 2.75) is 6.54 Å². The Morgan fingerprint density at radius 2 is 1.81 bits per heavy atom. The lowest BCUT2D eigenvalue weighted by molar-refractivity contribution is 0.0997. The summed E-state index contributed by atoms with van der Waals surface area (Å²) < 4.78 is 5.64. The van der Waals surface area contributed by atoms with Gasteiger partial charge >= 0.3 is 0 Å². The van der Waals surface area contributed by atoms with Crippen LogP contribution in [0.3, 0.4) is 0 Å². The number of nitrogens with zero attached hydrogens (tertiary/aromatic N) is 1. The first kappa shape index (κ1) is 17.8. The van der Waals surface area contributed by atoms with Gasteiger partial charge in [-0.25, -0.2) is 0 Å². The zero-order valence-corrected chi connectivity index (χ0v) is 15.6. The Morgan fingerprint density at radius 1 is 1.07 bits per heavy atom. The topological polar surface area (TPSA) is 62.6 Å². The van der Waals surface area contributed by atoms with E-state index in [-0.39, 0.29) is 11.2 Å². The third-order valence-electron chi connectivity index (χ3n) is 4.62. The molecular weight excluding hydrogens is 360 g/mol. The average Bonchev–Trinajstić information content (AvgIpc) is 2.70. The zero-order chi connectivity index (χ0) is 18.6. The monoisotopic (exact) mass is 380 g/mol. The number of fused-ring (bicyclic) bond motifs is 1. The summed E-state index contributed by atoms with van der Waals surface area (Å²) in [5.41, 5.74) is 1.99. The van der Waals surface area contributed by atoms with Crippen molar-refractivity contribution in [3.05, 3.63) is 76.1 Å². The summed E-state index contributed by atoms with van der Waals surface area (Å²) in [5.74, 6) is 1.87. The number of amides is 1. The lowest BCUT2D eigenvalue weighted by atomic mass is 10.1. The second kappa shape index (κ2) is 7.98. The summed E-state index contributed by atoms with van der Waals surface area (Å²) in [7, 11) is 0. The molecule has 0 spiro atoms. The second-order valence-corrected chi connectivity index (χ2v) is 7.70. The van der Waals surface area contributed by atoms with Crippen molar-refractivity contribution in [1.82, 2.24) is 4.90 Å². The van der Waals surface area contributed by atoms with Crippen molar-refractivity contribution in [3.8, 4) is 0 Å². The Labute approximate surface area is 161 Å². The normalized spacial score (nSPS) is 15.0. The molecule has 0 saturated carbocycles. The van der Waals surface area contributed by atoms with Crippen LogP contribution in [0.2, 0.25) is 0 Å². The maximum atomic E-state index is 12.7. The van der Waals surface area contributed by atoms with Gasteiger partial charge in [0.1, 0.15) is 5.58 Å². The Hall–Kier alpha value is -2.57. The second-order valence-electron chi connectivity index (χ2n) is 6.47. The molecule has 138 valence electrons. The molecule has 1 aromatic heterocycles. The van der Waals surface area contributed by atoms with Crippen LogP contribution in [0.25, 0.3) is 11.0 Å². The van der Waals surface area contributed by atoms with E-state index in [1.807, 2.05) is 36.0 Å². The van der Waals surface area contributed by atoms with Gasteiger partial charge in [-0.1, -0.05) is 30.3 Å². The number of anilines is 1. The number of rotatable bonds is 4. The third kappa shape index (κ3) is 4.07. The standard InChI is InChI=1S/C21H20N2O3S/c24-18-13-20(26-19-8-4-2-6-16(18)19)21(25)22-17-7-3-1-5-15(17)14-23-9-11-27-12-10-23/h1-8,13H,9-12,14H2,(H,22,25). The third-order valence-corrected chi connectivity index (χ3v) is 5.56. The first-order chi connectivity index (χ1) is 13.2. The number of thioether (sulfide) groups is 1. The predicted molar refractivity (Wildman–Crippen MR) is 109 cm³/mol. The van der Waals surface area contributed by atoms with Gasteiger partial charge in [0.05, 0.1) is 5.39 Å². The van der Waals surface area contributed by atoms with Gasteiger partial charge in [0.15, 0.2) is 11.2 Å². The fourth-order valence-corrected chi connectivity index (χ4v) is 4.16. The van der Waals surface area contributed by atoms with Gasteiger partial charge in [0.2, 0.25) is 0 Å². The van der Waals surface area contributed by atoms with Crippen molar-refractivity contribution in [1.29, 1.82) is 0 Å². The molecule has 0 aliphatic carbocycles. The van der Waals surface area contributed by atoms with Crippen molar-refractivity contribution < 1.29 is 9.21 Å². The fourth-order valence-electron chi connectivity index (χ4n) is 3.18. The van der Waals surface area contributed by atoms with Crippen molar-refractivity contribution in [2.24, 2.45) is 0 Å². The molecule has 4 rings (SSSR count). The molecule has 1 amide bonds. The summed E-state index contributed by atoms with van der Waals surface area (Å²) in [4.78, 5) is 27.3. The first-order valence-corrected chi connectivity index (χ1v) is 10.1. The van der Waals surface area contributed by atoms with Gasteiger partial charge in [0, 0.05) is 42.9 Å². The number of carbonyl (C=O) groups is 1. The lowest BCUT2D eigenvalue weighted by Crippen LogP contribution is -2.32. The van der Waals surface area contributed by atoms with Crippen LogP contribution in [0.5, 0.6) is 0 Å². The Morgan fingerprint density at radius 3 is 2.67 bits per heavy atom. The molecule has 2 heterocycles. The molecule has 1 fully saturated rings. The van der Waals surface area contributed by atoms with Gasteiger partial charge in [-0.2, -0.15) is 11.8 Å². The molecule has 3 aromatic rings. The van der Waals surface area contributed by atoms with E-state index in [0.29, 0.717) is 11.0 Å². The van der Waals surface area contributed by atoms with Crippen LogP contribution < -0.4 is 10.7 Å². The van der Waals surface area contributed by atoms with Crippen molar-refractivity contribution >= 4 is 34.3 Å². The Kier molecular flexibility index (Phi) is 5.27. The van der Waals surface area contributed by atoms with Crippen LogP contribution in [-0.4, -0.2) is 35.4 Å². The maximum absolute atomic E-state index is 12.7. The van der Waals surface area contributed by atoms with Gasteiger partial charge in [-0.05, 0) is 23.8 Å². The summed E-state index contributed by atoms with van der Waals surface area (Å²) in [5, 5.41) is 3.37. The molecule has 2 aromatic carbocycles. The lowest BCUT2D eigenvalue weighted by Gasteiger charge is -2.27. The highest BCUT2D eigenvalue weighted by molar-refractivity contribution is 7.99. The first-order valence-electron chi connectivity index (χ1n) is 8.93. The van der Waals surface area contributed by atoms with E-state index in [9.17, 15) is 9.59 Å². The average molecular weight is 380 g/mol. The highest BCUT2D eigenvalue weighted by Crippen LogP contribution is 2.21. The number of carbonyl (C=O) groups excluding carboxylic acids is 1. The molecule has 5 nitrogen and oxygen atoms in total. The van der Waals surface area contributed by atoms with Gasteiger partial charge < -0.3 is 9.73 Å². The van der Waals surface area contributed by atoms with E-state index in [2.05, 4.69) is 10.2 Å². The Balaban J connectivity index is 1.57. The quantitative estimate of drug-likeness (QED) is 0.749. The Bertz CT molecular complexity index is 1030.